The van der Waals surface area contributed by atoms with Gasteiger partial charge in [0, 0.05) is 24.0 Å². The lowest BCUT2D eigenvalue weighted by molar-refractivity contribution is -0.137. The van der Waals surface area contributed by atoms with Crippen LogP contribution in [0.15, 0.2) is 55.1 Å². The van der Waals surface area contributed by atoms with E-state index < -0.39 is 17.6 Å². The average molecular weight is 512 g/mol. The number of nitrogens with one attached hydrogen (secondary N) is 3. The molecular weight excluding hydrogens is 483 g/mol. The number of fused-ring (bicyclic) bond motifs is 1. The number of anilines is 2. The van der Waals surface area contributed by atoms with Crippen LogP contribution >= 0.6 is 0 Å². The van der Waals surface area contributed by atoms with Crippen LogP contribution in [0.25, 0.3) is 23.4 Å². The summed E-state index contributed by atoms with van der Waals surface area (Å²) in [5, 5.41) is 8.55. The van der Waals surface area contributed by atoms with Crippen molar-refractivity contribution in [3.8, 4) is 0 Å². The van der Waals surface area contributed by atoms with Crippen molar-refractivity contribution in [1.29, 1.82) is 0 Å². The molecule has 4 rings (SSSR count). The smallest absolute Gasteiger partial charge is 0.368 e. The second kappa shape index (κ2) is 12.1. The number of benzene rings is 2. The Bertz CT molecular complexity index is 1400. The Kier molecular flexibility index (Phi) is 8.96. The molecule has 0 spiro atoms. The Morgan fingerprint density at radius 3 is 2.54 bits per heavy atom. The van der Waals surface area contributed by atoms with Gasteiger partial charge in [-0.15, -0.1) is 0 Å². The molecule has 8 nitrogen and oxygen atoms in total. The lowest BCUT2D eigenvalue weighted by Crippen LogP contribution is -2.14. The molecule has 2 aromatic heterocycles. The van der Waals surface area contributed by atoms with Crippen LogP contribution in [-0.2, 0) is 6.18 Å². The Morgan fingerprint density at radius 2 is 1.84 bits per heavy atom. The number of aromatic nitrogens is 4. The standard InChI is InChI=1S/C24H21F3N6O.C2H7N/c1-3-28-21-20-22(30-13-29-21)33(14-31-20)10-9-16-12-19(8-7-15(16)2)32-23(34)17-5-4-6-18(11-17)24(25,26)27;1-3-2/h4-14H,3H2,1-2H3,(H,32,34)(H,28,29,30);3H,1-2H3. The van der Waals surface area contributed by atoms with Gasteiger partial charge < -0.3 is 16.0 Å². The van der Waals surface area contributed by atoms with E-state index in [9.17, 15) is 18.0 Å². The summed E-state index contributed by atoms with van der Waals surface area (Å²) in [5.74, 6) is 0.0215. The third-order valence-corrected chi connectivity index (χ3v) is 5.11. The van der Waals surface area contributed by atoms with Gasteiger partial charge in [0.15, 0.2) is 17.0 Å². The van der Waals surface area contributed by atoms with E-state index in [2.05, 4.69) is 30.9 Å². The van der Waals surface area contributed by atoms with Crippen LogP contribution < -0.4 is 16.0 Å². The van der Waals surface area contributed by atoms with Crippen LogP contribution in [0.4, 0.5) is 24.7 Å². The van der Waals surface area contributed by atoms with Crippen molar-refractivity contribution < 1.29 is 18.0 Å². The molecule has 4 aromatic rings. The van der Waals surface area contributed by atoms with Crippen LogP contribution in [-0.4, -0.2) is 46.1 Å². The van der Waals surface area contributed by atoms with Crippen molar-refractivity contribution >= 4 is 40.9 Å². The lowest BCUT2D eigenvalue weighted by atomic mass is 10.1. The zero-order valence-corrected chi connectivity index (χ0v) is 20.9. The van der Waals surface area contributed by atoms with Crippen LogP contribution in [0.5, 0.6) is 0 Å². The summed E-state index contributed by atoms with van der Waals surface area (Å²) < 4.78 is 40.6. The van der Waals surface area contributed by atoms with Gasteiger partial charge in [0.05, 0.1) is 5.56 Å². The number of nitrogens with zero attached hydrogens (tertiary/aromatic N) is 4. The minimum Gasteiger partial charge on any atom is -0.368 e. The molecule has 0 bridgehead atoms. The Morgan fingerprint density at radius 1 is 1.08 bits per heavy atom. The second-order valence-corrected chi connectivity index (χ2v) is 8.00. The highest BCUT2D eigenvalue weighted by molar-refractivity contribution is 6.04. The highest BCUT2D eigenvalue weighted by Crippen LogP contribution is 2.30. The van der Waals surface area contributed by atoms with Gasteiger partial charge in [-0.25, -0.2) is 15.0 Å². The van der Waals surface area contributed by atoms with Crippen molar-refractivity contribution in [2.24, 2.45) is 0 Å². The van der Waals surface area contributed by atoms with Crippen LogP contribution in [0.2, 0.25) is 0 Å². The average Bonchev–Trinajstić information content (AvgIpc) is 3.28. The van der Waals surface area contributed by atoms with Gasteiger partial charge in [0.1, 0.15) is 12.7 Å². The monoisotopic (exact) mass is 511 g/mol. The van der Waals surface area contributed by atoms with E-state index in [4.69, 9.17) is 0 Å². The summed E-state index contributed by atoms with van der Waals surface area (Å²) in [6, 6.07) is 9.57. The van der Waals surface area contributed by atoms with Gasteiger partial charge in [-0.2, -0.15) is 13.2 Å². The fourth-order valence-electron chi connectivity index (χ4n) is 3.36. The number of alkyl halides is 3. The predicted octanol–water partition coefficient (Wildman–Crippen LogP) is 5.30. The first-order chi connectivity index (χ1) is 17.7. The van der Waals surface area contributed by atoms with E-state index >= 15 is 0 Å². The minimum atomic E-state index is -4.52. The van der Waals surface area contributed by atoms with E-state index in [1.807, 2.05) is 40.1 Å². The quantitative estimate of drug-likeness (QED) is 0.325. The topological polar surface area (TPSA) is 96.8 Å². The molecule has 0 aliphatic heterocycles. The summed E-state index contributed by atoms with van der Waals surface area (Å²) in [7, 11) is 3.75. The number of carbonyl (C=O) groups is 1. The van der Waals surface area contributed by atoms with E-state index in [1.165, 1.54) is 18.5 Å². The highest BCUT2D eigenvalue weighted by Gasteiger charge is 2.30. The SMILES string of the molecule is CCNc1ncnc2c1ncn2C=Cc1cc(NC(=O)c2cccc(C(F)(F)F)c2)ccc1C.CNC. The Labute approximate surface area is 212 Å². The van der Waals surface area contributed by atoms with E-state index in [1.54, 1.807) is 29.2 Å². The van der Waals surface area contributed by atoms with E-state index in [0.717, 1.165) is 23.3 Å². The van der Waals surface area contributed by atoms with Crippen LogP contribution in [0.3, 0.4) is 0 Å². The molecule has 11 heteroatoms. The van der Waals surface area contributed by atoms with Crippen molar-refractivity contribution in [2.45, 2.75) is 20.0 Å². The fraction of sp³-hybridized carbons (Fsp3) is 0.231. The summed E-state index contributed by atoms with van der Waals surface area (Å²) in [6.07, 6.45) is 2.20. The van der Waals surface area contributed by atoms with Gasteiger partial charge >= 0.3 is 6.18 Å². The van der Waals surface area contributed by atoms with Gasteiger partial charge in [-0.3, -0.25) is 9.36 Å². The number of carbonyl (C=O) groups excluding carboxylic acids is 1. The maximum atomic E-state index is 13.0. The largest absolute Gasteiger partial charge is 0.416 e. The number of imidazole rings is 1. The molecule has 3 N–H and O–H groups in total. The molecule has 194 valence electrons. The first-order valence-corrected chi connectivity index (χ1v) is 11.4. The molecule has 0 unspecified atom stereocenters. The molecule has 2 aromatic carbocycles. The number of amides is 1. The van der Waals surface area contributed by atoms with Crippen LogP contribution in [0.1, 0.15) is 34.0 Å². The van der Waals surface area contributed by atoms with E-state index in [-0.39, 0.29) is 5.56 Å². The Balaban J connectivity index is 0.00000121. The molecule has 0 atom stereocenters. The first-order valence-electron chi connectivity index (χ1n) is 11.4. The summed E-state index contributed by atoms with van der Waals surface area (Å²) in [4.78, 5) is 25.4. The second-order valence-electron chi connectivity index (χ2n) is 8.00. The van der Waals surface area contributed by atoms with Gasteiger partial charge in [0.25, 0.3) is 5.91 Å². The minimum absolute atomic E-state index is 0.0754. The van der Waals surface area contributed by atoms with Crippen molar-refractivity contribution in [3.63, 3.8) is 0 Å². The number of rotatable bonds is 6. The van der Waals surface area contributed by atoms with Crippen molar-refractivity contribution in [2.75, 3.05) is 31.3 Å². The van der Waals surface area contributed by atoms with E-state index in [0.29, 0.717) is 29.2 Å². The lowest BCUT2D eigenvalue weighted by Gasteiger charge is -2.10. The summed E-state index contributed by atoms with van der Waals surface area (Å²) >= 11 is 0. The van der Waals surface area contributed by atoms with Crippen LogP contribution in [0, 0.1) is 6.92 Å². The molecule has 0 fully saturated rings. The zero-order chi connectivity index (χ0) is 27.0. The maximum Gasteiger partial charge on any atom is 0.416 e. The zero-order valence-electron chi connectivity index (χ0n) is 20.9. The predicted molar refractivity (Wildman–Crippen MR) is 140 cm³/mol. The summed E-state index contributed by atoms with van der Waals surface area (Å²) in [5.41, 5.74) is 2.54. The normalized spacial score (nSPS) is 11.3. The molecule has 0 saturated carbocycles. The third-order valence-electron chi connectivity index (χ3n) is 5.11. The molecule has 2 heterocycles. The molecule has 0 aliphatic rings. The van der Waals surface area contributed by atoms with Crippen molar-refractivity contribution in [3.05, 3.63) is 77.4 Å². The summed E-state index contributed by atoms with van der Waals surface area (Å²) in [6.45, 7) is 4.58. The van der Waals surface area contributed by atoms with Gasteiger partial charge in [0.2, 0.25) is 0 Å². The molecule has 0 aliphatic carbocycles. The van der Waals surface area contributed by atoms with Gasteiger partial charge in [-0.1, -0.05) is 12.1 Å². The fourth-order valence-corrected chi connectivity index (χ4v) is 3.36. The van der Waals surface area contributed by atoms with Crippen molar-refractivity contribution in [1.82, 2.24) is 24.8 Å². The molecule has 37 heavy (non-hydrogen) atoms. The molecule has 0 radical (unpaired) electrons. The number of hydrogen-bond donors (Lipinski definition) is 3. The highest BCUT2D eigenvalue weighted by atomic mass is 19.4. The molecule has 1 amide bonds. The molecule has 0 saturated heterocycles. The molecular formula is C26H28F3N7O. The number of aryl methyl sites for hydroxylation is 1. The third kappa shape index (κ3) is 6.91. The number of hydrogen-bond acceptors (Lipinski definition) is 6. The number of halogens is 3. The first kappa shape index (κ1) is 27.3. The maximum absolute atomic E-state index is 13.0. The van der Waals surface area contributed by atoms with Gasteiger partial charge in [-0.05, 0) is 75.5 Å². The Hall–Kier alpha value is -4.25.